The summed E-state index contributed by atoms with van der Waals surface area (Å²) < 4.78 is 17.7. The van der Waals surface area contributed by atoms with Crippen LogP contribution in [0.5, 0.6) is 0 Å². The minimum absolute atomic E-state index is 0.0546. The van der Waals surface area contributed by atoms with Gasteiger partial charge >= 0.3 is 5.97 Å². The van der Waals surface area contributed by atoms with Crippen LogP contribution >= 0.6 is 22.6 Å². The van der Waals surface area contributed by atoms with Crippen molar-refractivity contribution in [3.8, 4) is 0 Å². The highest BCUT2D eigenvalue weighted by Crippen LogP contribution is 2.40. The minimum atomic E-state index is -0.133. The molecule has 0 radical (unpaired) electrons. The highest BCUT2D eigenvalue weighted by atomic mass is 127. The number of esters is 1. The number of alkyl halides is 1. The van der Waals surface area contributed by atoms with Crippen LogP contribution in [0.2, 0.25) is 0 Å². The number of hydrogen-bond acceptors (Lipinski definition) is 5. The average Bonchev–Trinajstić information content (AvgIpc) is 3.08. The topological polar surface area (TPSA) is 61.8 Å². The van der Waals surface area contributed by atoms with Crippen LogP contribution in [0.25, 0.3) is 0 Å². The van der Waals surface area contributed by atoms with Crippen molar-refractivity contribution >= 4 is 34.3 Å². The Morgan fingerprint density at radius 1 is 1.03 bits per heavy atom. The van der Waals surface area contributed by atoms with Gasteiger partial charge in [0.2, 0.25) is 0 Å². The van der Waals surface area contributed by atoms with Crippen LogP contribution in [0, 0.1) is 17.8 Å². The van der Waals surface area contributed by atoms with Gasteiger partial charge in [0.25, 0.3) is 0 Å². The van der Waals surface area contributed by atoms with Crippen LogP contribution in [0.3, 0.4) is 0 Å². The third-order valence-corrected chi connectivity index (χ3v) is 7.36. The number of ketones is 1. The van der Waals surface area contributed by atoms with Crippen molar-refractivity contribution in [3.05, 3.63) is 12.2 Å². The molecular weight excluding hydrogens is 531 g/mol. The highest BCUT2D eigenvalue weighted by Gasteiger charge is 2.40. The number of unbranched alkanes of at least 4 members (excludes halogenated alkanes) is 5. The van der Waals surface area contributed by atoms with E-state index in [-0.39, 0.29) is 18.0 Å². The maximum Gasteiger partial charge on any atom is 0.306 e. The molecule has 1 aliphatic carbocycles. The number of allylic oxidation sites excluding steroid dienone is 2. The lowest BCUT2D eigenvalue weighted by Gasteiger charge is -2.22. The maximum atomic E-state index is 12.6. The van der Waals surface area contributed by atoms with Gasteiger partial charge in [-0.15, -0.1) is 0 Å². The molecule has 1 saturated carbocycles. The fourth-order valence-corrected chi connectivity index (χ4v) is 5.40. The monoisotopic (exact) mass is 578 g/mol. The summed E-state index contributed by atoms with van der Waals surface area (Å²) in [5.74, 6) is 1.24. The number of rotatable bonds is 20. The van der Waals surface area contributed by atoms with Gasteiger partial charge in [-0.05, 0) is 57.8 Å². The Labute approximate surface area is 215 Å². The molecule has 0 aromatic carbocycles. The van der Waals surface area contributed by atoms with Gasteiger partial charge in [0.1, 0.15) is 5.78 Å². The second-order valence-corrected chi connectivity index (χ2v) is 10.3. The standard InChI is InChI=1S/C27H47IO5/c1-4-5-6-9-12-16-31-18-19-32-17-15-24-23(21-28)20-26(29)25(24)13-10-7-8-11-14-27(30)33-22(2)3/h7,10,22-25H,4-6,8-9,11-21H2,1-3H3/t23-,24-,25+/m0/s1. The zero-order chi connectivity index (χ0) is 24.3. The van der Waals surface area contributed by atoms with Gasteiger partial charge < -0.3 is 14.2 Å². The first kappa shape index (κ1) is 30.6. The Balaban J connectivity index is 2.22. The molecule has 6 heteroatoms. The summed E-state index contributed by atoms with van der Waals surface area (Å²) in [6.07, 6.45) is 15.0. The molecule has 1 aliphatic rings. The van der Waals surface area contributed by atoms with Crippen LogP contribution < -0.4 is 0 Å². The van der Waals surface area contributed by atoms with Gasteiger partial charge in [0.15, 0.2) is 0 Å². The van der Waals surface area contributed by atoms with Crippen LogP contribution in [0.15, 0.2) is 12.2 Å². The average molecular weight is 579 g/mol. The van der Waals surface area contributed by atoms with E-state index in [0.717, 1.165) is 43.1 Å². The van der Waals surface area contributed by atoms with Gasteiger partial charge in [0.05, 0.1) is 19.3 Å². The first-order valence-corrected chi connectivity index (χ1v) is 14.6. The van der Waals surface area contributed by atoms with E-state index in [9.17, 15) is 9.59 Å². The van der Waals surface area contributed by atoms with Crippen LogP contribution in [0.1, 0.15) is 91.4 Å². The third kappa shape index (κ3) is 14.5. The molecule has 0 amide bonds. The number of Topliss-reactive ketones (excluding diaryl/α,β-unsaturated/α-hetero) is 1. The van der Waals surface area contributed by atoms with Gasteiger partial charge in [-0.3, -0.25) is 9.59 Å². The first-order valence-electron chi connectivity index (χ1n) is 13.1. The fraction of sp³-hybridized carbons (Fsp3) is 0.852. The lowest BCUT2D eigenvalue weighted by molar-refractivity contribution is -0.147. The van der Waals surface area contributed by atoms with Crippen LogP contribution in [-0.2, 0) is 23.8 Å². The molecule has 0 aromatic heterocycles. The predicted octanol–water partition coefficient (Wildman–Crippen LogP) is 6.70. The van der Waals surface area contributed by atoms with Gasteiger partial charge in [-0.25, -0.2) is 0 Å². The molecule has 1 fully saturated rings. The molecule has 0 saturated heterocycles. The zero-order valence-corrected chi connectivity index (χ0v) is 23.4. The minimum Gasteiger partial charge on any atom is -0.463 e. The number of hydrogen-bond donors (Lipinski definition) is 0. The van der Waals surface area contributed by atoms with Crippen molar-refractivity contribution in [1.82, 2.24) is 0 Å². The van der Waals surface area contributed by atoms with Crippen molar-refractivity contribution in [2.75, 3.05) is 30.9 Å². The fourth-order valence-electron chi connectivity index (χ4n) is 4.44. The summed E-state index contributed by atoms with van der Waals surface area (Å²) in [4.78, 5) is 24.2. The second kappa shape index (κ2) is 19.8. The molecule has 0 bridgehead atoms. The molecule has 192 valence electrons. The van der Waals surface area contributed by atoms with E-state index < -0.39 is 0 Å². The van der Waals surface area contributed by atoms with Crippen molar-refractivity contribution in [1.29, 1.82) is 0 Å². The molecule has 0 heterocycles. The van der Waals surface area contributed by atoms with Gasteiger partial charge in [-0.2, -0.15) is 0 Å². The van der Waals surface area contributed by atoms with Crippen molar-refractivity contribution in [3.63, 3.8) is 0 Å². The predicted molar refractivity (Wildman–Crippen MR) is 143 cm³/mol. The normalized spacial score (nSPS) is 20.9. The van der Waals surface area contributed by atoms with Crippen LogP contribution in [-0.4, -0.2) is 48.7 Å². The smallest absolute Gasteiger partial charge is 0.306 e. The number of ether oxygens (including phenoxy) is 3. The molecule has 0 aromatic rings. The number of carbonyl (C=O) groups is 2. The third-order valence-electron chi connectivity index (χ3n) is 6.23. The molecule has 5 nitrogen and oxygen atoms in total. The summed E-state index contributed by atoms with van der Waals surface area (Å²) in [6.45, 7) is 8.78. The van der Waals surface area contributed by atoms with E-state index in [1.165, 1.54) is 25.7 Å². The quantitative estimate of drug-likeness (QED) is 0.0529. The molecular formula is C27H47IO5. The number of halogens is 1. The Hall–Kier alpha value is -0.470. The van der Waals surface area contributed by atoms with Crippen molar-refractivity contribution in [2.24, 2.45) is 17.8 Å². The molecule has 0 N–H and O–H groups in total. The van der Waals surface area contributed by atoms with E-state index in [1.54, 1.807) is 0 Å². The Kier molecular flexibility index (Phi) is 18.3. The second-order valence-electron chi connectivity index (χ2n) is 9.42. The van der Waals surface area contributed by atoms with Crippen molar-refractivity contribution < 1.29 is 23.8 Å². The number of carbonyl (C=O) groups excluding carboxylic acids is 2. The largest absolute Gasteiger partial charge is 0.463 e. The summed E-state index contributed by atoms with van der Waals surface area (Å²) >= 11 is 2.42. The summed E-state index contributed by atoms with van der Waals surface area (Å²) in [6, 6.07) is 0. The lowest BCUT2D eigenvalue weighted by atomic mass is 9.85. The Morgan fingerprint density at radius 2 is 1.76 bits per heavy atom. The van der Waals surface area contributed by atoms with E-state index in [2.05, 4.69) is 41.7 Å². The summed E-state index contributed by atoms with van der Waals surface area (Å²) in [5, 5.41) is 0. The van der Waals surface area contributed by atoms with Gasteiger partial charge in [0, 0.05) is 36.4 Å². The molecule has 33 heavy (non-hydrogen) atoms. The van der Waals surface area contributed by atoms with Crippen LogP contribution in [0.4, 0.5) is 0 Å². The van der Waals surface area contributed by atoms with Crippen molar-refractivity contribution in [2.45, 2.75) is 97.5 Å². The molecule has 1 rings (SSSR count). The molecule has 0 spiro atoms. The lowest BCUT2D eigenvalue weighted by Crippen LogP contribution is -2.20. The zero-order valence-electron chi connectivity index (χ0n) is 21.2. The Morgan fingerprint density at radius 3 is 2.45 bits per heavy atom. The molecule has 3 atom stereocenters. The molecule has 0 unspecified atom stereocenters. The van der Waals surface area contributed by atoms with E-state index in [0.29, 0.717) is 50.3 Å². The summed E-state index contributed by atoms with van der Waals surface area (Å²) in [7, 11) is 0. The van der Waals surface area contributed by atoms with E-state index in [4.69, 9.17) is 14.2 Å². The van der Waals surface area contributed by atoms with E-state index in [1.807, 2.05) is 13.8 Å². The summed E-state index contributed by atoms with van der Waals surface area (Å²) in [5.41, 5.74) is 0. The maximum absolute atomic E-state index is 12.6. The SMILES string of the molecule is CCCCCCCOCCOCC[C@H]1[C@H](CI)CC(=O)[C@@H]1CC=CCCCC(=O)OC(C)C. The van der Waals surface area contributed by atoms with E-state index >= 15 is 0 Å². The Bertz CT molecular complexity index is 549. The molecule has 0 aliphatic heterocycles. The van der Waals surface area contributed by atoms with Gasteiger partial charge in [-0.1, -0.05) is 67.3 Å². The highest BCUT2D eigenvalue weighted by molar-refractivity contribution is 14.1. The first-order chi connectivity index (χ1) is 16.0.